The van der Waals surface area contributed by atoms with Crippen LogP contribution in [-0.4, -0.2) is 27.6 Å². The van der Waals surface area contributed by atoms with Crippen molar-refractivity contribution in [2.24, 2.45) is 0 Å². The van der Waals surface area contributed by atoms with Gasteiger partial charge in [0, 0.05) is 24.7 Å². The number of aryl methyl sites for hydroxylation is 3. The largest absolute Gasteiger partial charge is 0.466 e. The Morgan fingerprint density at radius 2 is 1.92 bits per heavy atom. The molecule has 0 atom stereocenters. The summed E-state index contributed by atoms with van der Waals surface area (Å²) in [6, 6.07) is 10.2. The molecule has 0 aliphatic carbocycles. The van der Waals surface area contributed by atoms with Crippen molar-refractivity contribution >= 4 is 23.2 Å². The van der Waals surface area contributed by atoms with Crippen LogP contribution in [0.4, 0.5) is 0 Å². The molecule has 0 saturated carbocycles. The Kier molecular flexibility index (Phi) is 5.16. The first kappa shape index (κ1) is 17.9. The van der Waals surface area contributed by atoms with Crippen molar-refractivity contribution in [1.82, 2.24) is 14.5 Å². The molecule has 0 aliphatic heterocycles. The van der Waals surface area contributed by atoms with Crippen LogP contribution in [0, 0.1) is 13.8 Å². The fraction of sp³-hybridized carbons (Fsp3) is 0.286. The van der Waals surface area contributed by atoms with Gasteiger partial charge in [-0.15, -0.1) is 0 Å². The van der Waals surface area contributed by atoms with Gasteiger partial charge in [0.2, 0.25) is 0 Å². The van der Waals surface area contributed by atoms with Gasteiger partial charge in [-0.25, -0.2) is 14.8 Å². The lowest BCUT2D eigenvalue weighted by molar-refractivity contribution is -0.134. The van der Waals surface area contributed by atoms with E-state index < -0.39 is 0 Å². The number of benzene rings is 1. The van der Waals surface area contributed by atoms with Crippen LogP contribution < -0.4 is 0 Å². The first-order valence-corrected chi connectivity index (χ1v) is 8.70. The van der Waals surface area contributed by atoms with Crippen molar-refractivity contribution in [3.63, 3.8) is 0 Å². The van der Waals surface area contributed by atoms with Crippen LogP contribution in [0.2, 0.25) is 0 Å². The first-order chi connectivity index (χ1) is 12.5. The predicted molar refractivity (Wildman–Crippen MR) is 103 cm³/mol. The van der Waals surface area contributed by atoms with Crippen molar-refractivity contribution < 1.29 is 9.53 Å². The number of hydrogen-bond donors (Lipinski definition) is 0. The summed E-state index contributed by atoms with van der Waals surface area (Å²) in [6.45, 7) is 6.96. The summed E-state index contributed by atoms with van der Waals surface area (Å²) in [7, 11) is 1.37. The summed E-state index contributed by atoms with van der Waals surface area (Å²) in [5, 5.41) is 0. The highest BCUT2D eigenvalue weighted by atomic mass is 16.5. The van der Waals surface area contributed by atoms with Gasteiger partial charge >= 0.3 is 5.97 Å². The Labute approximate surface area is 153 Å². The third-order valence-electron chi connectivity index (χ3n) is 4.36. The SMILES string of the molecule is CCc1nc2nc(C)cc(C)c2n1Cc1ccc(/C=C/C(=O)OC)cc1. The zero-order chi connectivity index (χ0) is 18.7. The number of aromatic nitrogens is 3. The maximum atomic E-state index is 11.2. The molecule has 0 unspecified atom stereocenters. The lowest BCUT2D eigenvalue weighted by Gasteiger charge is -2.10. The van der Waals surface area contributed by atoms with Crippen molar-refractivity contribution in [1.29, 1.82) is 0 Å². The van der Waals surface area contributed by atoms with Crippen LogP contribution >= 0.6 is 0 Å². The number of esters is 1. The fourth-order valence-corrected chi connectivity index (χ4v) is 3.12. The summed E-state index contributed by atoms with van der Waals surface area (Å²) in [4.78, 5) is 20.5. The van der Waals surface area contributed by atoms with Gasteiger partial charge in [0.25, 0.3) is 0 Å². The van der Waals surface area contributed by atoms with E-state index in [1.54, 1.807) is 6.08 Å². The Morgan fingerprint density at radius 3 is 2.58 bits per heavy atom. The molecule has 0 amide bonds. The number of ether oxygens (including phenoxy) is 1. The second-order valence-electron chi connectivity index (χ2n) is 6.32. The van der Waals surface area contributed by atoms with Crippen LogP contribution in [0.5, 0.6) is 0 Å². The minimum Gasteiger partial charge on any atom is -0.466 e. The third kappa shape index (κ3) is 3.67. The first-order valence-electron chi connectivity index (χ1n) is 8.70. The lowest BCUT2D eigenvalue weighted by Crippen LogP contribution is -2.05. The van der Waals surface area contributed by atoms with Crippen LogP contribution in [0.3, 0.4) is 0 Å². The standard InChI is InChI=1S/C21H23N3O2/c1-5-18-23-21-20(14(2)12-15(3)22-21)24(18)13-17-8-6-16(7-9-17)10-11-19(25)26-4/h6-12H,5,13H2,1-4H3/b11-10+. The molecule has 1 aromatic carbocycles. The molecule has 5 heteroatoms. The van der Waals surface area contributed by atoms with Gasteiger partial charge in [-0.2, -0.15) is 0 Å². The average molecular weight is 349 g/mol. The number of fused-ring (bicyclic) bond motifs is 1. The van der Waals surface area contributed by atoms with Crippen molar-refractivity contribution in [2.45, 2.75) is 33.7 Å². The number of carbonyl (C=O) groups excluding carboxylic acids is 1. The molecule has 0 fully saturated rings. The summed E-state index contributed by atoms with van der Waals surface area (Å²) in [6.07, 6.45) is 4.02. The molecule has 0 aliphatic rings. The predicted octanol–water partition coefficient (Wildman–Crippen LogP) is 3.85. The zero-order valence-corrected chi connectivity index (χ0v) is 15.6. The van der Waals surface area contributed by atoms with Crippen LogP contribution in [0.15, 0.2) is 36.4 Å². The van der Waals surface area contributed by atoms with E-state index in [-0.39, 0.29) is 5.97 Å². The minimum atomic E-state index is -0.357. The Balaban J connectivity index is 1.91. The molecule has 0 spiro atoms. The second kappa shape index (κ2) is 7.52. The van der Waals surface area contributed by atoms with Gasteiger partial charge < -0.3 is 9.30 Å². The quantitative estimate of drug-likeness (QED) is 0.519. The highest BCUT2D eigenvalue weighted by Gasteiger charge is 2.13. The van der Waals surface area contributed by atoms with E-state index in [2.05, 4.69) is 46.3 Å². The summed E-state index contributed by atoms with van der Waals surface area (Å²) in [5.41, 5.74) is 6.23. The molecule has 2 heterocycles. The van der Waals surface area contributed by atoms with Gasteiger partial charge in [0.15, 0.2) is 5.65 Å². The Hall–Kier alpha value is -2.95. The van der Waals surface area contributed by atoms with Crippen LogP contribution in [0.25, 0.3) is 17.2 Å². The number of rotatable bonds is 5. The average Bonchev–Trinajstić information content (AvgIpc) is 2.98. The van der Waals surface area contributed by atoms with Gasteiger partial charge in [-0.05, 0) is 42.7 Å². The molecule has 134 valence electrons. The highest BCUT2D eigenvalue weighted by molar-refractivity contribution is 5.86. The number of hydrogen-bond acceptors (Lipinski definition) is 4. The van der Waals surface area contributed by atoms with E-state index >= 15 is 0 Å². The third-order valence-corrected chi connectivity index (χ3v) is 4.36. The van der Waals surface area contributed by atoms with E-state index in [0.717, 1.165) is 41.2 Å². The van der Waals surface area contributed by atoms with Crippen LogP contribution in [-0.2, 0) is 22.5 Å². The monoisotopic (exact) mass is 349 g/mol. The molecule has 2 aromatic heterocycles. The fourth-order valence-electron chi connectivity index (χ4n) is 3.12. The number of pyridine rings is 1. The number of carbonyl (C=O) groups is 1. The molecule has 5 nitrogen and oxygen atoms in total. The molecule has 0 saturated heterocycles. The molecule has 3 rings (SSSR count). The van der Waals surface area contributed by atoms with Crippen LogP contribution in [0.1, 0.15) is 35.1 Å². The zero-order valence-electron chi connectivity index (χ0n) is 15.6. The number of nitrogens with zero attached hydrogens (tertiary/aromatic N) is 3. The second-order valence-corrected chi connectivity index (χ2v) is 6.32. The molecule has 0 radical (unpaired) electrons. The van der Waals surface area contributed by atoms with E-state index in [1.165, 1.54) is 24.3 Å². The van der Waals surface area contributed by atoms with E-state index in [9.17, 15) is 4.79 Å². The Morgan fingerprint density at radius 1 is 1.19 bits per heavy atom. The summed E-state index contributed by atoms with van der Waals surface area (Å²) < 4.78 is 6.86. The van der Waals surface area contributed by atoms with Crippen molar-refractivity contribution in [2.75, 3.05) is 7.11 Å². The van der Waals surface area contributed by atoms with Gasteiger partial charge in [0.1, 0.15) is 5.82 Å². The summed E-state index contributed by atoms with van der Waals surface area (Å²) in [5.74, 6) is 0.681. The highest BCUT2D eigenvalue weighted by Crippen LogP contribution is 2.22. The Bertz CT molecular complexity index is 969. The van der Waals surface area contributed by atoms with Gasteiger partial charge in [-0.3, -0.25) is 0 Å². The van der Waals surface area contributed by atoms with Gasteiger partial charge in [0.05, 0.1) is 12.6 Å². The molecule has 0 bridgehead atoms. The molecular formula is C21H23N3O2. The normalized spacial score (nSPS) is 11.4. The summed E-state index contributed by atoms with van der Waals surface area (Å²) >= 11 is 0. The number of imidazole rings is 1. The van der Waals surface area contributed by atoms with Crippen molar-refractivity contribution in [3.8, 4) is 0 Å². The van der Waals surface area contributed by atoms with Crippen molar-refractivity contribution in [3.05, 3.63) is 64.6 Å². The number of methoxy groups -OCH3 is 1. The lowest BCUT2D eigenvalue weighted by atomic mass is 10.1. The minimum absolute atomic E-state index is 0.357. The van der Waals surface area contributed by atoms with E-state index in [0.29, 0.717) is 0 Å². The van der Waals surface area contributed by atoms with E-state index in [4.69, 9.17) is 4.98 Å². The smallest absolute Gasteiger partial charge is 0.330 e. The molecular weight excluding hydrogens is 326 g/mol. The molecule has 0 N–H and O–H groups in total. The van der Waals surface area contributed by atoms with Gasteiger partial charge in [-0.1, -0.05) is 31.2 Å². The topological polar surface area (TPSA) is 57.0 Å². The molecule has 26 heavy (non-hydrogen) atoms. The maximum absolute atomic E-state index is 11.2. The maximum Gasteiger partial charge on any atom is 0.330 e. The molecule has 3 aromatic rings. The van der Waals surface area contributed by atoms with E-state index in [1.807, 2.05) is 19.1 Å².